The van der Waals surface area contributed by atoms with Gasteiger partial charge in [0.2, 0.25) is 15.9 Å². The predicted octanol–water partition coefficient (Wildman–Crippen LogP) is 2.11. The first kappa shape index (κ1) is 18.6. The van der Waals surface area contributed by atoms with Crippen molar-refractivity contribution in [3.63, 3.8) is 0 Å². The summed E-state index contributed by atoms with van der Waals surface area (Å²) >= 11 is 0. The number of carbonyl (C=O) groups is 2. The standard InChI is InChI=1S/C17H18N2O5S/c1-12(20)18-14-5-4-6-15(11-14)24-17(21)13-7-9-16(10-8-13)25(22,23)19(2)3/h4-11H,1-3H3,(H,18,20). The van der Waals surface area contributed by atoms with E-state index in [1.165, 1.54) is 51.4 Å². The van der Waals surface area contributed by atoms with E-state index in [4.69, 9.17) is 4.74 Å². The van der Waals surface area contributed by atoms with Gasteiger partial charge in [0.15, 0.2) is 0 Å². The summed E-state index contributed by atoms with van der Waals surface area (Å²) in [5, 5.41) is 2.59. The van der Waals surface area contributed by atoms with Crippen molar-refractivity contribution in [2.24, 2.45) is 0 Å². The Morgan fingerprint density at radius 3 is 2.24 bits per heavy atom. The minimum absolute atomic E-state index is 0.0849. The molecule has 0 saturated carbocycles. The van der Waals surface area contributed by atoms with Crippen molar-refractivity contribution in [3.05, 3.63) is 54.1 Å². The van der Waals surface area contributed by atoms with Crippen LogP contribution in [0, 0.1) is 0 Å². The number of carbonyl (C=O) groups excluding carboxylic acids is 2. The molecule has 0 saturated heterocycles. The zero-order valence-corrected chi connectivity index (χ0v) is 14.8. The first-order valence-electron chi connectivity index (χ1n) is 7.32. The second-order valence-corrected chi connectivity index (χ2v) is 7.56. The van der Waals surface area contributed by atoms with E-state index in [1.807, 2.05) is 0 Å². The first-order chi connectivity index (χ1) is 11.7. The topological polar surface area (TPSA) is 92.8 Å². The summed E-state index contributed by atoms with van der Waals surface area (Å²) in [5.74, 6) is -0.601. The van der Waals surface area contributed by atoms with Crippen molar-refractivity contribution in [2.45, 2.75) is 11.8 Å². The molecular formula is C17H18N2O5S. The average molecular weight is 362 g/mol. The molecule has 1 amide bonds. The molecule has 8 heteroatoms. The Kier molecular flexibility index (Phi) is 5.55. The fourth-order valence-electron chi connectivity index (χ4n) is 1.98. The van der Waals surface area contributed by atoms with Gasteiger partial charge in [-0.05, 0) is 36.4 Å². The van der Waals surface area contributed by atoms with Crippen molar-refractivity contribution >= 4 is 27.6 Å². The van der Waals surface area contributed by atoms with E-state index in [1.54, 1.807) is 18.2 Å². The Bertz CT molecular complexity index is 890. The van der Waals surface area contributed by atoms with Crippen LogP contribution in [0.15, 0.2) is 53.4 Å². The van der Waals surface area contributed by atoms with Gasteiger partial charge in [-0.15, -0.1) is 0 Å². The second kappa shape index (κ2) is 7.45. The third-order valence-electron chi connectivity index (χ3n) is 3.23. The minimum Gasteiger partial charge on any atom is -0.423 e. The number of benzene rings is 2. The summed E-state index contributed by atoms with van der Waals surface area (Å²) in [7, 11) is -0.694. The Morgan fingerprint density at radius 2 is 1.68 bits per heavy atom. The van der Waals surface area contributed by atoms with Gasteiger partial charge in [-0.1, -0.05) is 6.07 Å². The van der Waals surface area contributed by atoms with Crippen LogP contribution < -0.4 is 10.1 Å². The number of esters is 1. The highest BCUT2D eigenvalue weighted by atomic mass is 32.2. The quantitative estimate of drug-likeness (QED) is 0.650. The maximum atomic E-state index is 12.2. The zero-order valence-electron chi connectivity index (χ0n) is 14.0. The highest BCUT2D eigenvalue weighted by molar-refractivity contribution is 7.89. The fraction of sp³-hybridized carbons (Fsp3) is 0.176. The number of nitrogens with zero attached hydrogens (tertiary/aromatic N) is 1. The van der Waals surface area contributed by atoms with Crippen molar-refractivity contribution in [2.75, 3.05) is 19.4 Å². The van der Waals surface area contributed by atoms with E-state index in [0.717, 1.165) is 4.31 Å². The number of amides is 1. The Morgan fingerprint density at radius 1 is 1.04 bits per heavy atom. The summed E-state index contributed by atoms with van der Waals surface area (Å²) in [6, 6.07) is 11.9. The van der Waals surface area contributed by atoms with Crippen molar-refractivity contribution in [1.82, 2.24) is 4.31 Å². The van der Waals surface area contributed by atoms with E-state index in [9.17, 15) is 18.0 Å². The molecule has 25 heavy (non-hydrogen) atoms. The van der Waals surface area contributed by atoms with Crippen LogP contribution in [0.1, 0.15) is 17.3 Å². The molecule has 0 heterocycles. The predicted molar refractivity (Wildman–Crippen MR) is 93.0 cm³/mol. The maximum absolute atomic E-state index is 12.2. The molecule has 0 aliphatic rings. The summed E-state index contributed by atoms with van der Waals surface area (Å²) in [6.07, 6.45) is 0. The molecule has 1 N–H and O–H groups in total. The van der Waals surface area contributed by atoms with Crippen LogP contribution in [0.25, 0.3) is 0 Å². The van der Waals surface area contributed by atoms with Crippen LogP contribution in [0.2, 0.25) is 0 Å². The van der Waals surface area contributed by atoms with E-state index >= 15 is 0 Å². The van der Waals surface area contributed by atoms with Gasteiger partial charge >= 0.3 is 5.97 Å². The lowest BCUT2D eigenvalue weighted by Gasteiger charge is -2.11. The number of rotatable bonds is 5. The number of anilines is 1. The molecule has 0 aliphatic carbocycles. The summed E-state index contributed by atoms with van der Waals surface area (Å²) in [6.45, 7) is 1.38. The number of nitrogens with one attached hydrogen (secondary N) is 1. The molecule has 2 aromatic rings. The van der Waals surface area contributed by atoms with Crippen molar-refractivity contribution < 1.29 is 22.7 Å². The molecule has 2 aromatic carbocycles. The van der Waals surface area contributed by atoms with Gasteiger partial charge in [-0.25, -0.2) is 17.5 Å². The largest absolute Gasteiger partial charge is 0.423 e. The number of hydrogen-bond acceptors (Lipinski definition) is 5. The zero-order chi connectivity index (χ0) is 18.6. The monoisotopic (exact) mass is 362 g/mol. The lowest BCUT2D eigenvalue weighted by atomic mass is 10.2. The van der Waals surface area contributed by atoms with Gasteiger partial charge in [0, 0.05) is 32.8 Å². The van der Waals surface area contributed by atoms with Crippen molar-refractivity contribution in [1.29, 1.82) is 0 Å². The molecule has 0 fully saturated rings. The smallest absolute Gasteiger partial charge is 0.343 e. The molecule has 2 rings (SSSR count). The fourth-order valence-corrected chi connectivity index (χ4v) is 2.88. The van der Waals surface area contributed by atoms with Gasteiger partial charge in [-0.2, -0.15) is 0 Å². The molecule has 7 nitrogen and oxygen atoms in total. The van der Waals surface area contributed by atoms with Crippen LogP contribution in [-0.4, -0.2) is 38.7 Å². The van der Waals surface area contributed by atoms with E-state index in [0.29, 0.717) is 5.69 Å². The Balaban J connectivity index is 2.15. The van der Waals surface area contributed by atoms with Crippen LogP contribution in [0.5, 0.6) is 5.75 Å². The maximum Gasteiger partial charge on any atom is 0.343 e. The SMILES string of the molecule is CC(=O)Nc1cccc(OC(=O)c2ccc(S(=O)(=O)N(C)C)cc2)c1. The summed E-state index contributed by atoms with van der Waals surface area (Å²) in [5.41, 5.74) is 0.716. The summed E-state index contributed by atoms with van der Waals surface area (Å²) < 4.78 is 30.3. The van der Waals surface area contributed by atoms with Crippen molar-refractivity contribution in [3.8, 4) is 5.75 Å². The van der Waals surface area contributed by atoms with Gasteiger partial charge < -0.3 is 10.1 Å². The van der Waals surface area contributed by atoms with Gasteiger partial charge in [0.25, 0.3) is 0 Å². The van der Waals surface area contributed by atoms with Crippen LogP contribution in [-0.2, 0) is 14.8 Å². The van der Waals surface area contributed by atoms with E-state index in [2.05, 4.69) is 5.32 Å². The van der Waals surface area contributed by atoms with E-state index < -0.39 is 16.0 Å². The van der Waals surface area contributed by atoms with Gasteiger partial charge in [0.1, 0.15) is 5.75 Å². The second-order valence-electron chi connectivity index (χ2n) is 5.41. The molecule has 0 bridgehead atoms. The number of hydrogen-bond donors (Lipinski definition) is 1. The third-order valence-corrected chi connectivity index (χ3v) is 5.06. The van der Waals surface area contributed by atoms with Crippen LogP contribution in [0.3, 0.4) is 0 Å². The molecule has 0 spiro atoms. The lowest BCUT2D eigenvalue weighted by Crippen LogP contribution is -2.22. The molecular weight excluding hydrogens is 344 g/mol. The minimum atomic E-state index is -3.55. The van der Waals surface area contributed by atoms with Gasteiger partial charge in [0.05, 0.1) is 10.5 Å². The first-order valence-corrected chi connectivity index (χ1v) is 8.76. The van der Waals surface area contributed by atoms with Gasteiger partial charge in [-0.3, -0.25) is 4.79 Å². The van der Waals surface area contributed by atoms with Crippen LogP contribution >= 0.6 is 0 Å². The normalized spacial score (nSPS) is 11.2. The Hall–Kier alpha value is -2.71. The number of sulfonamides is 1. The molecule has 0 radical (unpaired) electrons. The Labute approximate surface area is 146 Å². The molecule has 132 valence electrons. The average Bonchev–Trinajstić information content (AvgIpc) is 2.54. The molecule has 0 aliphatic heterocycles. The molecule has 0 atom stereocenters. The summed E-state index contributed by atoms with van der Waals surface area (Å²) in [4.78, 5) is 23.3. The highest BCUT2D eigenvalue weighted by Gasteiger charge is 2.18. The van der Waals surface area contributed by atoms with Crippen LogP contribution in [0.4, 0.5) is 5.69 Å². The van der Waals surface area contributed by atoms with E-state index in [-0.39, 0.29) is 22.1 Å². The highest BCUT2D eigenvalue weighted by Crippen LogP contribution is 2.20. The third kappa shape index (κ3) is 4.65. The number of ether oxygens (including phenoxy) is 1. The lowest BCUT2D eigenvalue weighted by molar-refractivity contribution is -0.114. The molecule has 0 aromatic heterocycles. The molecule has 0 unspecified atom stereocenters.